The Morgan fingerprint density at radius 2 is 2.00 bits per heavy atom. The largest absolute Gasteiger partial charge is 0.271 e. The van der Waals surface area contributed by atoms with Crippen LogP contribution in [0.15, 0.2) is 18.2 Å². The second-order valence-electron chi connectivity index (χ2n) is 4.42. The Hall–Kier alpha value is -1.31. The maximum atomic E-state index is 10.5. The van der Waals surface area contributed by atoms with Gasteiger partial charge in [-0.1, -0.05) is 37.2 Å². The Morgan fingerprint density at radius 3 is 2.44 bits per heavy atom. The molecular formula is C11H12ClNO2Si. The fourth-order valence-corrected chi connectivity index (χ4v) is 1.71. The average molecular weight is 254 g/mol. The Bertz CT molecular complexity index is 483. The van der Waals surface area contributed by atoms with Gasteiger partial charge in [-0.3, -0.25) is 10.1 Å². The molecule has 0 amide bonds. The van der Waals surface area contributed by atoms with Crippen molar-refractivity contribution < 1.29 is 4.92 Å². The number of non-ortho nitro benzene ring substituents is 1. The summed E-state index contributed by atoms with van der Waals surface area (Å²) >= 11 is 5.91. The van der Waals surface area contributed by atoms with Gasteiger partial charge in [0.1, 0.15) is 8.07 Å². The van der Waals surface area contributed by atoms with E-state index in [4.69, 9.17) is 11.6 Å². The predicted molar refractivity (Wildman–Crippen MR) is 68.3 cm³/mol. The summed E-state index contributed by atoms with van der Waals surface area (Å²) in [4.78, 5) is 10.0. The molecular weight excluding hydrogens is 242 g/mol. The lowest BCUT2D eigenvalue weighted by molar-refractivity contribution is -0.384. The highest BCUT2D eigenvalue weighted by Crippen LogP contribution is 2.21. The molecule has 0 saturated carbocycles. The molecule has 1 aromatic carbocycles. The van der Waals surface area contributed by atoms with E-state index in [1.54, 1.807) is 6.07 Å². The van der Waals surface area contributed by atoms with Crippen LogP contribution in [-0.4, -0.2) is 13.0 Å². The van der Waals surface area contributed by atoms with Crippen molar-refractivity contribution in [3.05, 3.63) is 38.9 Å². The minimum absolute atomic E-state index is 0.0106. The van der Waals surface area contributed by atoms with E-state index in [-0.39, 0.29) is 5.69 Å². The van der Waals surface area contributed by atoms with Gasteiger partial charge in [-0.05, 0) is 6.07 Å². The maximum Gasteiger partial charge on any atom is 0.271 e. The fourth-order valence-electron chi connectivity index (χ4n) is 0.974. The van der Waals surface area contributed by atoms with Gasteiger partial charge in [0.05, 0.1) is 9.95 Å². The first kappa shape index (κ1) is 12.8. The number of hydrogen-bond acceptors (Lipinski definition) is 2. The van der Waals surface area contributed by atoms with Gasteiger partial charge in [-0.25, -0.2) is 0 Å². The molecule has 5 heteroatoms. The number of rotatable bonds is 1. The monoisotopic (exact) mass is 253 g/mol. The van der Waals surface area contributed by atoms with Crippen molar-refractivity contribution in [1.82, 2.24) is 0 Å². The first-order chi connectivity index (χ1) is 7.29. The van der Waals surface area contributed by atoms with E-state index in [1.807, 2.05) is 0 Å². The van der Waals surface area contributed by atoms with Crippen LogP contribution in [0, 0.1) is 21.6 Å². The van der Waals surface area contributed by atoms with E-state index < -0.39 is 13.0 Å². The number of nitrogens with zero attached hydrogens (tertiary/aromatic N) is 1. The lowest BCUT2D eigenvalue weighted by Gasteiger charge is -2.03. The van der Waals surface area contributed by atoms with Crippen LogP contribution in [0.3, 0.4) is 0 Å². The van der Waals surface area contributed by atoms with Crippen LogP contribution < -0.4 is 0 Å². The van der Waals surface area contributed by atoms with Crippen molar-refractivity contribution in [1.29, 1.82) is 0 Å². The van der Waals surface area contributed by atoms with E-state index in [0.29, 0.717) is 10.6 Å². The zero-order valence-corrected chi connectivity index (χ0v) is 11.1. The van der Waals surface area contributed by atoms with Crippen molar-refractivity contribution in [2.75, 3.05) is 0 Å². The summed E-state index contributed by atoms with van der Waals surface area (Å²) in [5.74, 6) is 2.98. The smallest absolute Gasteiger partial charge is 0.258 e. The molecule has 1 rings (SSSR count). The van der Waals surface area contributed by atoms with E-state index in [9.17, 15) is 10.1 Å². The van der Waals surface area contributed by atoms with Crippen LogP contribution in [0.25, 0.3) is 0 Å². The minimum atomic E-state index is -1.45. The van der Waals surface area contributed by atoms with Crippen LogP contribution in [0.5, 0.6) is 0 Å². The van der Waals surface area contributed by atoms with E-state index in [2.05, 4.69) is 31.1 Å². The fraction of sp³-hybridized carbons (Fsp3) is 0.273. The molecule has 1 aromatic rings. The molecule has 0 heterocycles. The van der Waals surface area contributed by atoms with Gasteiger partial charge in [0.2, 0.25) is 0 Å². The van der Waals surface area contributed by atoms with Gasteiger partial charge >= 0.3 is 0 Å². The highest BCUT2D eigenvalue weighted by Gasteiger charge is 2.10. The lowest BCUT2D eigenvalue weighted by atomic mass is 10.2. The highest BCUT2D eigenvalue weighted by molar-refractivity contribution is 6.83. The Morgan fingerprint density at radius 1 is 1.38 bits per heavy atom. The van der Waals surface area contributed by atoms with Crippen molar-refractivity contribution in [2.24, 2.45) is 0 Å². The second-order valence-corrected chi connectivity index (χ2v) is 9.58. The highest BCUT2D eigenvalue weighted by atomic mass is 35.5. The minimum Gasteiger partial charge on any atom is -0.258 e. The summed E-state index contributed by atoms with van der Waals surface area (Å²) in [7, 11) is -1.45. The number of halogens is 1. The quantitative estimate of drug-likeness (QED) is 0.333. The SMILES string of the molecule is C[Si](C)(C)C#Cc1ccc([N+](=O)[O-])cc1Cl. The zero-order valence-electron chi connectivity index (χ0n) is 9.37. The van der Waals surface area contributed by atoms with E-state index in [0.717, 1.165) is 0 Å². The Balaban J connectivity index is 3.08. The molecule has 84 valence electrons. The van der Waals surface area contributed by atoms with Crippen LogP contribution >= 0.6 is 11.6 Å². The molecule has 0 aliphatic carbocycles. The first-order valence-corrected chi connectivity index (χ1v) is 8.64. The molecule has 16 heavy (non-hydrogen) atoms. The normalized spacial score (nSPS) is 10.5. The molecule has 0 fully saturated rings. The summed E-state index contributed by atoms with van der Waals surface area (Å²) in [5.41, 5.74) is 3.80. The van der Waals surface area contributed by atoms with Crippen molar-refractivity contribution in [3.8, 4) is 11.5 Å². The first-order valence-electron chi connectivity index (χ1n) is 4.77. The zero-order chi connectivity index (χ0) is 12.3. The van der Waals surface area contributed by atoms with Crippen LogP contribution in [-0.2, 0) is 0 Å². The summed E-state index contributed by atoms with van der Waals surface area (Å²) in [6.45, 7) is 6.37. The molecule has 0 aliphatic heterocycles. The third kappa shape index (κ3) is 3.68. The average Bonchev–Trinajstić information content (AvgIpc) is 2.14. The molecule has 0 spiro atoms. The van der Waals surface area contributed by atoms with Crippen molar-refractivity contribution in [3.63, 3.8) is 0 Å². The van der Waals surface area contributed by atoms with Gasteiger partial charge in [0, 0.05) is 17.7 Å². The number of nitro groups is 1. The van der Waals surface area contributed by atoms with E-state index in [1.165, 1.54) is 12.1 Å². The molecule has 0 saturated heterocycles. The Labute approximate surface area is 101 Å². The van der Waals surface area contributed by atoms with Crippen molar-refractivity contribution in [2.45, 2.75) is 19.6 Å². The molecule has 0 atom stereocenters. The van der Waals surface area contributed by atoms with Crippen LogP contribution in [0.2, 0.25) is 24.7 Å². The predicted octanol–water partition coefficient (Wildman–Crippen LogP) is 3.48. The summed E-state index contributed by atoms with van der Waals surface area (Å²) in [6.07, 6.45) is 0. The van der Waals surface area contributed by atoms with Crippen LogP contribution in [0.1, 0.15) is 5.56 Å². The molecule has 0 N–H and O–H groups in total. The number of nitro benzene ring substituents is 1. The molecule has 0 unspecified atom stereocenters. The van der Waals surface area contributed by atoms with Crippen LogP contribution in [0.4, 0.5) is 5.69 Å². The van der Waals surface area contributed by atoms with Crippen molar-refractivity contribution >= 4 is 25.4 Å². The number of benzene rings is 1. The molecule has 0 bridgehead atoms. The standard InChI is InChI=1S/C11H12ClNO2Si/c1-16(2,3)7-6-9-4-5-10(13(14)15)8-11(9)12/h4-5,8H,1-3H3. The molecule has 0 aliphatic rings. The summed E-state index contributed by atoms with van der Waals surface area (Å²) in [5, 5.41) is 10.8. The third-order valence-corrected chi connectivity index (χ3v) is 2.92. The maximum absolute atomic E-state index is 10.5. The number of hydrogen-bond donors (Lipinski definition) is 0. The lowest BCUT2D eigenvalue weighted by Crippen LogP contribution is -2.16. The summed E-state index contributed by atoms with van der Waals surface area (Å²) in [6, 6.07) is 4.34. The van der Waals surface area contributed by atoms with Gasteiger partial charge in [0.15, 0.2) is 0 Å². The van der Waals surface area contributed by atoms with E-state index >= 15 is 0 Å². The third-order valence-electron chi connectivity index (χ3n) is 1.74. The van der Waals surface area contributed by atoms with Gasteiger partial charge < -0.3 is 0 Å². The molecule has 0 radical (unpaired) electrons. The molecule has 0 aromatic heterocycles. The topological polar surface area (TPSA) is 43.1 Å². The van der Waals surface area contributed by atoms with Gasteiger partial charge in [-0.15, -0.1) is 5.54 Å². The van der Waals surface area contributed by atoms with Gasteiger partial charge in [0.25, 0.3) is 5.69 Å². The second kappa shape index (κ2) is 4.68. The van der Waals surface area contributed by atoms with Gasteiger partial charge in [-0.2, -0.15) is 0 Å². The summed E-state index contributed by atoms with van der Waals surface area (Å²) < 4.78 is 0. The Kier molecular flexibility index (Phi) is 3.73. The molecule has 3 nitrogen and oxygen atoms in total.